The molecule has 1 fully saturated rings. The number of hydrogen-bond donors (Lipinski definition) is 1. The Labute approximate surface area is 167 Å². The van der Waals surface area contributed by atoms with E-state index in [2.05, 4.69) is 9.97 Å². The van der Waals surface area contributed by atoms with Gasteiger partial charge in [-0.1, -0.05) is 35.9 Å². The molecule has 2 aromatic heterocycles. The molecule has 0 bridgehead atoms. The number of carbonyl (C=O) groups excluding carboxylic acids is 2. The molecule has 4 rings (SSSR count). The number of hydrogen-bond acceptors (Lipinski definition) is 3. The zero-order valence-corrected chi connectivity index (χ0v) is 15.9. The van der Waals surface area contributed by atoms with Crippen molar-refractivity contribution in [1.29, 1.82) is 0 Å². The minimum Gasteiger partial charge on any atom is -0.357 e. The van der Waals surface area contributed by atoms with Crippen LogP contribution in [0.4, 0.5) is 0 Å². The third-order valence-electron chi connectivity index (χ3n) is 4.74. The van der Waals surface area contributed by atoms with Crippen LogP contribution < -0.4 is 0 Å². The van der Waals surface area contributed by atoms with E-state index in [0.717, 1.165) is 22.2 Å². The Hall–Kier alpha value is -3.12. The van der Waals surface area contributed by atoms with Crippen molar-refractivity contribution in [2.24, 2.45) is 0 Å². The van der Waals surface area contributed by atoms with E-state index in [-0.39, 0.29) is 0 Å². The lowest BCUT2D eigenvalue weighted by Gasteiger charge is -2.33. The van der Waals surface area contributed by atoms with E-state index in [4.69, 9.17) is 11.6 Å². The van der Waals surface area contributed by atoms with Gasteiger partial charge in [0.25, 0.3) is 0 Å². The summed E-state index contributed by atoms with van der Waals surface area (Å²) in [6.07, 6.45) is 7.29. The molecule has 1 aliphatic heterocycles. The van der Waals surface area contributed by atoms with Gasteiger partial charge in [0, 0.05) is 53.6 Å². The lowest BCUT2D eigenvalue weighted by atomic mass is 10.2. The number of H-pyrrole nitrogens is 1. The largest absolute Gasteiger partial charge is 0.357 e. The van der Waals surface area contributed by atoms with Crippen molar-refractivity contribution in [2.75, 3.05) is 19.6 Å². The summed E-state index contributed by atoms with van der Waals surface area (Å²) in [6, 6.07) is 11.3. The van der Waals surface area contributed by atoms with Crippen molar-refractivity contribution in [3.05, 3.63) is 71.1 Å². The molecule has 0 spiro atoms. The lowest BCUT2D eigenvalue weighted by Crippen LogP contribution is -2.53. The van der Waals surface area contributed by atoms with Crippen molar-refractivity contribution in [3.63, 3.8) is 0 Å². The summed E-state index contributed by atoms with van der Waals surface area (Å²) < 4.78 is 0. The van der Waals surface area contributed by atoms with Crippen molar-refractivity contribution < 1.29 is 9.59 Å². The normalized spacial score (nSPS) is 15.2. The average molecular weight is 395 g/mol. The molecule has 0 atom stereocenters. The minimum absolute atomic E-state index is 0.383. The summed E-state index contributed by atoms with van der Waals surface area (Å²) in [7, 11) is 0. The Kier molecular flexibility index (Phi) is 5.12. The third-order valence-corrected chi connectivity index (χ3v) is 4.99. The monoisotopic (exact) mass is 394 g/mol. The van der Waals surface area contributed by atoms with E-state index >= 15 is 0 Å². The molecule has 2 amide bonds. The topological polar surface area (TPSA) is 69.3 Å². The summed E-state index contributed by atoms with van der Waals surface area (Å²) in [5.74, 6) is -0.937. The maximum Gasteiger partial charge on any atom is 0.312 e. The number of benzene rings is 1. The van der Waals surface area contributed by atoms with E-state index in [1.165, 1.54) is 0 Å². The maximum absolute atomic E-state index is 12.5. The van der Waals surface area contributed by atoms with E-state index < -0.39 is 11.8 Å². The minimum atomic E-state index is -0.470. The first-order valence-corrected chi connectivity index (χ1v) is 9.40. The van der Waals surface area contributed by atoms with Gasteiger partial charge >= 0.3 is 11.8 Å². The standard InChI is InChI=1S/C21H19ClN4O2/c22-17-5-3-15(4-6-17)2-1-9-25-10-11-26(21(28)20(25)27)14-18-12-16-13-23-8-7-19(16)24-18/h1-8,12-13,24H,9-11,14H2. The van der Waals surface area contributed by atoms with E-state index in [0.29, 0.717) is 31.2 Å². The van der Waals surface area contributed by atoms with Gasteiger partial charge in [-0.2, -0.15) is 0 Å². The van der Waals surface area contributed by atoms with Crippen LogP contribution in [0.2, 0.25) is 5.02 Å². The molecular weight excluding hydrogens is 376 g/mol. The zero-order valence-electron chi connectivity index (χ0n) is 15.1. The lowest BCUT2D eigenvalue weighted by molar-refractivity contribution is -0.156. The van der Waals surface area contributed by atoms with Crippen LogP contribution >= 0.6 is 11.6 Å². The molecule has 7 heteroatoms. The van der Waals surface area contributed by atoms with Gasteiger partial charge in [-0.3, -0.25) is 14.6 Å². The first-order chi connectivity index (χ1) is 13.6. The molecule has 6 nitrogen and oxygen atoms in total. The first-order valence-electron chi connectivity index (χ1n) is 9.02. The quantitative estimate of drug-likeness (QED) is 0.676. The molecule has 0 radical (unpaired) electrons. The highest BCUT2D eigenvalue weighted by Gasteiger charge is 2.31. The van der Waals surface area contributed by atoms with Gasteiger partial charge in [0.2, 0.25) is 0 Å². The Balaban J connectivity index is 1.36. The second-order valence-corrected chi connectivity index (χ2v) is 7.13. The number of nitrogens with zero attached hydrogens (tertiary/aromatic N) is 3. The fraction of sp³-hybridized carbons (Fsp3) is 0.190. The Morgan fingerprint density at radius 1 is 1.07 bits per heavy atom. The number of nitrogens with one attached hydrogen (secondary N) is 1. The molecule has 142 valence electrons. The molecule has 0 aliphatic carbocycles. The van der Waals surface area contributed by atoms with Gasteiger partial charge in [-0.15, -0.1) is 0 Å². The molecule has 1 N–H and O–H groups in total. The SMILES string of the molecule is O=C1C(=O)N(Cc2cc3cnccc3[nH]2)CCN1CC=Cc1ccc(Cl)cc1. The van der Waals surface area contributed by atoms with Crippen molar-refractivity contribution in [1.82, 2.24) is 19.8 Å². The van der Waals surface area contributed by atoms with Crippen molar-refractivity contribution in [3.8, 4) is 0 Å². The van der Waals surface area contributed by atoms with Crippen LogP contribution in [0.5, 0.6) is 0 Å². The van der Waals surface area contributed by atoms with Crippen LogP contribution in [0, 0.1) is 0 Å². The van der Waals surface area contributed by atoms with E-state index in [1.54, 1.807) is 22.2 Å². The number of aromatic amines is 1. The highest BCUT2D eigenvalue weighted by Crippen LogP contribution is 2.17. The molecule has 1 saturated heterocycles. The number of rotatable bonds is 5. The molecule has 1 aromatic carbocycles. The highest BCUT2D eigenvalue weighted by atomic mass is 35.5. The number of piperazine rings is 1. The summed E-state index contributed by atoms with van der Waals surface area (Å²) in [6.45, 7) is 1.80. The maximum atomic E-state index is 12.5. The van der Waals surface area contributed by atoms with Gasteiger partial charge in [-0.05, 0) is 29.8 Å². The Morgan fingerprint density at radius 2 is 1.82 bits per heavy atom. The molecule has 3 aromatic rings. The number of carbonyl (C=O) groups is 2. The molecule has 1 aliphatic rings. The fourth-order valence-corrected chi connectivity index (χ4v) is 3.38. The molecule has 0 unspecified atom stereocenters. The van der Waals surface area contributed by atoms with Gasteiger partial charge < -0.3 is 14.8 Å². The average Bonchev–Trinajstić information content (AvgIpc) is 3.11. The van der Waals surface area contributed by atoms with Gasteiger partial charge in [0.05, 0.1) is 6.54 Å². The molecule has 3 heterocycles. The van der Waals surface area contributed by atoms with Crippen LogP contribution in [-0.4, -0.2) is 51.2 Å². The van der Waals surface area contributed by atoms with Crippen LogP contribution in [0.15, 0.2) is 54.9 Å². The second-order valence-electron chi connectivity index (χ2n) is 6.69. The zero-order chi connectivity index (χ0) is 19.5. The van der Waals surface area contributed by atoms with Gasteiger partial charge in [-0.25, -0.2) is 0 Å². The number of aromatic nitrogens is 2. The van der Waals surface area contributed by atoms with E-state index in [1.807, 2.05) is 48.6 Å². The summed E-state index contributed by atoms with van der Waals surface area (Å²) in [5, 5.41) is 1.67. The van der Waals surface area contributed by atoms with Gasteiger partial charge in [0.15, 0.2) is 0 Å². The fourth-order valence-electron chi connectivity index (χ4n) is 3.25. The predicted octanol–water partition coefficient (Wildman–Crippen LogP) is 3.10. The second kappa shape index (κ2) is 7.86. The summed E-state index contributed by atoms with van der Waals surface area (Å²) in [4.78, 5) is 35.5. The highest BCUT2D eigenvalue weighted by molar-refractivity contribution is 6.35. The molecule has 0 saturated carbocycles. The van der Waals surface area contributed by atoms with Crippen molar-refractivity contribution >= 4 is 40.4 Å². The number of halogens is 1. The number of fused-ring (bicyclic) bond motifs is 1. The molecule has 28 heavy (non-hydrogen) atoms. The Morgan fingerprint density at radius 3 is 2.61 bits per heavy atom. The smallest absolute Gasteiger partial charge is 0.312 e. The predicted molar refractivity (Wildman–Crippen MR) is 109 cm³/mol. The van der Waals surface area contributed by atoms with Crippen LogP contribution in [0.1, 0.15) is 11.3 Å². The first kappa shape index (κ1) is 18.3. The molecular formula is C21H19ClN4O2. The summed E-state index contributed by atoms with van der Waals surface area (Å²) >= 11 is 5.87. The number of pyridine rings is 1. The van der Waals surface area contributed by atoms with E-state index in [9.17, 15) is 9.59 Å². The van der Waals surface area contributed by atoms with Crippen molar-refractivity contribution in [2.45, 2.75) is 6.54 Å². The van der Waals surface area contributed by atoms with Crippen LogP contribution in [-0.2, 0) is 16.1 Å². The van der Waals surface area contributed by atoms with Crippen LogP contribution in [0.3, 0.4) is 0 Å². The number of amides is 2. The summed E-state index contributed by atoms with van der Waals surface area (Å²) in [5.41, 5.74) is 2.85. The Bertz CT molecular complexity index is 1010. The third kappa shape index (κ3) is 3.92. The van der Waals surface area contributed by atoms with Crippen LogP contribution in [0.25, 0.3) is 17.0 Å². The van der Waals surface area contributed by atoms with Gasteiger partial charge in [0.1, 0.15) is 0 Å².